The molecule has 0 spiro atoms. The Kier molecular flexibility index (Phi) is 7.26. The highest BCUT2D eigenvalue weighted by atomic mass is 32.1. The number of hydrogen-bond donors (Lipinski definition) is 2. The fourth-order valence-corrected chi connectivity index (χ4v) is 1.03. The average Bonchev–Trinajstić information content (AvgIpc) is 2.20. The second-order valence-electron chi connectivity index (χ2n) is 3.23. The number of carboxylic acids is 1. The number of benzene rings is 1. The number of thiol groups is 1. The number of aliphatic carboxylic acids is 1. The van der Waals surface area contributed by atoms with Gasteiger partial charge in [-0.2, -0.15) is 12.6 Å². The number of carboxylic acid groups (broad SMARTS) is 1. The van der Waals surface area contributed by atoms with Crippen molar-refractivity contribution < 1.29 is 27.8 Å². The van der Waals surface area contributed by atoms with Crippen molar-refractivity contribution in [3.8, 4) is 5.75 Å². The zero-order chi connectivity index (χ0) is 14.2. The Morgan fingerprint density at radius 1 is 1.33 bits per heavy atom. The van der Waals surface area contributed by atoms with Crippen LogP contribution in [-0.2, 0) is 4.79 Å². The summed E-state index contributed by atoms with van der Waals surface area (Å²) in [5.41, 5.74) is 0.893. The first-order chi connectivity index (χ1) is 8.24. The van der Waals surface area contributed by atoms with Gasteiger partial charge < -0.3 is 9.84 Å². The van der Waals surface area contributed by atoms with Gasteiger partial charge in [0.25, 0.3) is 0 Å². The molecule has 0 saturated carbocycles. The molecular formula is C11H13F3O3S. The maximum Gasteiger partial charge on any atom is 0.573 e. The van der Waals surface area contributed by atoms with Crippen LogP contribution in [0, 0.1) is 6.92 Å². The van der Waals surface area contributed by atoms with Gasteiger partial charge in [-0.3, -0.25) is 4.79 Å². The van der Waals surface area contributed by atoms with Crippen LogP contribution in [0.25, 0.3) is 0 Å². The molecule has 0 bridgehead atoms. The summed E-state index contributed by atoms with van der Waals surface area (Å²) in [5.74, 6) is -0.548. The van der Waals surface area contributed by atoms with Gasteiger partial charge in [0.2, 0.25) is 0 Å². The molecule has 0 fully saturated rings. The summed E-state index contributed by atoms with van der Waals surface area (Å²) < 4.78 is 38.5. The van der Waals surface area contributed by atoms with Crippen LogP contribution < -0.4 is 4.74 Å². The molecule has 1 aromatic rings. The SMILES string of the molecule is Cc1ccc(OC(F)(F)F)cc1.O=C(O)CCS. The van der Waals surface area contributed by atoms with Crippen LogP contribution in [0.3, 0.4) is 0 Å². The van der Waals surface area contributed by atoms with Crippen molar-refractivity contribution in [1.29, 1.82) is 0 Å². The molecule has 0 amide bonds. The molecule has 0 saturated heterocycles. The van der Waals surface area contributed by atoms with Crippen molar-refractivity contribution in [2.45, 2.75) is 19.7 Å². The van der Waals surface area contributed by atoms with Gasteiger partial charge in [0.1, 0.15) is 5.75 Å². The first-order valence-corrected chi connectivity index (χ1v) is 5.53. The average molecular weight is 282 g/mol. The van der Waals surface area contributed by atoms with Crippen LogP contribution in [-0.4, -0.2) is 23.2 Å². The first-order valence-electron chi connectivity index (χ1n) is 4.89. The Hall–Kier alpha value is -1.37. The number of alkyl halides is 3. The van der Waals surface area contributed by atoms with Gasteiger partial charge in [0.05, 0.1) is 6.42 Å². The van der Waals surface area contributed by atoms with E-state index in [9.17, 15) is 18.0 Å². The van der Waals surface area contributed by atoms with Gasteiger partial charge in [-0.15, -0.1) is 13.2 Å². The normalized spacial score (nSPS) is 10.3. The monoisotopic (exact) mass is 282 g/mol. The maximum atomic E-state index is 11.6. The minimum atomic E-state index is -4.60. The molecule has 0 aliphatic heterocycles. The highest BCUT2D eigenvalue weighted by Gasteiger charge is 2.30. The number of aryl methyl sites for hydroxylation is 1. The standard InChI is InChI=1S/C8H7F3O.C3H6O2S/c1-6-2-4-7(5-3-6)12-8(9,10)11;4-3(5)1-2-6/h2-5H,1H3;6H,1-2H2,(H,4,5). The van der Waals surface area contributed by atoms with E-state index in [0.717, 1.165) is 5.56 Å². The van der Waals surface area contributed by atoms with Crippen LogP contribution in [0.4, 0.5) is 13.2 Å². The van der Waals surface area contributed by atoms with Crippen LogP contribution in [0.5, 0.6) is 5.75 Å². The van der Waals surface area contributed by atoms with E-state index in [2.05, 4.69) is 17.4 Å². The number of hydrogen-bond acceptors (Lipinski definition) is 3. The Bertz CT molecular complexity index is 363. The fourth-order valence-electron chi connectivity index (χ4n) is 0.836. The van der Waals surface area contributed by atoms with E-state index in [1.165, 1.54) is 12.1 Å². The molecule has 18 heavy (non-hydrogen) atoms. The fraction of sp³-hybridized carbons (Fsp3) is 0.364. The highest BCUT2D eigenvalue weighted by Crippen LogP contribution is 2.22. The summed E-state index contributed by atoms with van der Waals surface area (Å²) >= 11 is 3.68. The van der Waals surface area contributed by atoms with E-state index in [4.69, 9.17) is 5.11 Å². The van der Waals surface area contributed by atoms with Crippen LogP contribution >= 0.6 is 12.6 Å². The third-order valence-electron chi connectivity index (χ3n) is 1.58. The van der Waals surface area contributed by atoms with Gasteiger partial charge >= 0.3 is 12.3 Å². The van der Waals surface area contributed by atoms with E-state index < -0.39 is 12.3 Å². The number of halogens is 3. The first kappa shape index (κ1) is 16.6. The smallest absolute Gasteiger partial charge is 0.481 e. The quantitative estimate of drug-likeness (QED) is 0.836. The number of ether oxygens (including phenoxy) is 1. The third-order valence-corrected chi connectivity index (χ3v) is 1.80. The van der Waals surface area contributed by atoms with Gasteiger partial charge in [0, 0.05) is 5.75 Å². The van der Waals surface area contributed by atoms with Gasteiger partial charge in [-0.25, -0.2) is 0 Å². The van der Waals surface area contributed by atoms with Crippen LogP contribution in [0.15, 0.2) is 24.3 Å². The predicted octanol–water partition coefficient (Wildman–Crippen LogP) is 3.28. The number of rotatable bonds is 3. The van der Waals surface area contributed by atoms with Crippen molar-refractivity contribution in [3.63, 3.8) is 0 Å². The molecule has 1 rings (SSSR count). The van der Waals surface area contributed by atoms with E-state index in [-0.39, 0.29) is 12.2 Å². The van der Waals surface area contributed by atoms with Crippen molar-refractivity contribution in [2.75, 3.05) is 5.75 Å². The van der Waals surface area contributed by atoms with Crippen molar-refractivity contribution >= 4 is 18.6 Å². The van der Waals surface area contributed by atoms with Crippen LogP contribution in [0.2, 0.25) is 0 Å². The number of carbonyl (C=O) groups is 1. The summed E-state index contributed by atoms with van der Waals surface area (Å²) in [6, 6.07) is 5.67. The summed E-state index contributed by atoms with van der Waals surface area (Å²) in [4.78, 5) is 9.55. The Morgan fingerprint density at radius 3 is 2.11 bits per heavy atom. The summed E-state index contributed by atoms with van der Waals surface area (Å²) in [6.45, 7) is 1.79. The largest absolute Gasteiger partial charge is 0.573 e. The summed E-state index contributed by atoms with van der Waals surface area (Å²) in [7, 11) is 0. The molecule has 1 aromatic carbocycles. The molecular weight excluding hydrogens is 269 g/mol. The molecule has 3 nitrogen and oxygen atoms in total. The zero-order valence-corrected chi connectivity index (χ0v) is 10.5. The molecule has 0 atom stereocenters. The molecule has 102 valence electrons. The zero-order valence-electron chi connectivity index (χ0n) is 9.57. The molecule has 0 aromatic heterocycles. The van der Waals surface area contributed by atoms with Crippen molar-refractivity contribution in [2.24, 2.45) is 0 Å². The summed E-state index contributed by atoms with van der Waals surface area (Å²) in [6.07, 6.45) is -4.45. The van der Waals surface area contributed by atoms with Gasteiger partial charge in [-0.1, -0.05) is 17.7 Å². The highest BCUT2D eigenvalue weighted by molar-refractivity contribution is 7.80. The Morgan fingerprint density at radius 2 is 1.83 bits per heavy atom. The van der Waals surface area contributed by atoms with Gasteiger partial charge in [-0.05, 0) is 19.1 Å². The molecule has 0 unspecified atom stereocenters. The minimum absolute atomic E-state index is 0.156. The van der Waals surface area contributed by atoms with Gasteiger partial charge in [0.15, 0.2) is 0 Å². The third kappa shape index (κ3) is 9.83. The van der Waals surface area contributed by atoms with Crippen LogP contribution in [0.1, 0.15) is 12.0 Å². The minimum Gasteiger partial charge on any atom is -0.481 e. The molecule has 7 heteroatoms. The lowest BCUT2D eigenvalue weighted by molar-refractivity contribution is -0.274. The lowest BCUT2D eigenvalue weighted by Gasteiger charge is -2.08. The molecule has 1 N–H and O–H groups in total. The Balaban J connectivity index is 0.000000411. The van der Waals surface area contributed by atoms with Crippen molar-refractivity contribution in [3.05, 3.63) is 29.8 Å². The summed E-state index contributed by atoms with van der Waals surface area (Å²) in [5, 5.41) is 7.86. The van der Waals surface area contributed by atoms with E-state index in [0.29, 0.717) is 5.75 Å². The Labute approximate surface area is 108 Å². The molecule has 0 heterocycles. The lowest BCUT2D eigenvalue weighted by atomic mass is 10.2. The second-order valence-corrected chi connectivity index (χ2v) is 3.68. The molecule has 0 aliphatic rings. The maximum absolute atomic E-state index is 11.6. The molecule has 0 aliphatic carbocycles. The lowest BCUT2D eigenvalue weighted by Crippen LogP contribution is -2.16. The second kappa shape index (κ2) is 7.86. The topological polar surface area (TPSA) is 46.5 Å². The van der Waals surface area contributed by atoms with E-state index >= 15 is 0 Å². The molecule has 0 radical (unpaired) electrons. The van der Waals surface area contributed by atoms with E-state index in [1.807, 2.05) is 0 Å². The van der Waals surface area contributed by atoms with Crippen molar-refractivity contribution in [1.82, 2.24) is 0 Å². The van der Waals surface area contributed by atoms with E-state index in [1.54, 1.807) is 19.1 Å². The predicted molar refractivity (Wildman–Crippen MR) is 64.0 cm³/mol.